The van der Waals surface area contributed by atoms with Crippen molar-refractivity contribution in [3.63, 3.8) is 0 Å². The van der Waals surface area contributed by atoms with Crippen LogP contribution in [0.1, 0.15) is 11.4 Å². The molecule has 8 heteroatoms. The van der Waals surface area contributed by atoms with Crippen LogP contribution in [0.3, 0.4) is 0 Å². The Labute approximate surface area is 88.5 Å². The van der Waals surface area contributed by atoms with E-state index in [-0.39, 0.29) is 6.54 Å². The molecule has 0 bridgehead atoms. The summed E-state index contributed by atoms with van der Waals surface area (Å²) in [7, 11) is 1.68. The van der Waals surface area contributed by atoms with Crippen LogP contribution in [0.2, 0.25) is 0 Å². The zero-order chi connectivity index (χ0) is 11.8. The topological polar surface area (TPSA) is 48.5 Å². The molecule has 86 valence electrons. The van der Waals surface area contributed by atoms with Crippen LogP contribution >= 0.6 is 0 Å². The monoisotopic (exact) mass is 231 g/mol. The van der Waals surface area contributed by atoms with Gasteiger partial charge in [0.15, 0.2) is 5.69 Å². The van der Waals surface area contributed by atoms with Crippen LogP contribution in [0, 0.1) is 0 Å². The molecule has 0 aliphatic carbocycles. The molecular weight excluding hydrogens is 223 g/mol. The number of rotatable bonds is 2. The summed E-state index contributed by atoms with van der Waals surface area (Å²) in [6, 6.07) is 0.927. The average Bonchev–Trinajstić information content (AvgIpc) is 2.74. The molecule has 16 heavy (non-hydrogen) atoms. The summed E-state index contributed by atoms with van der Waals surface area (Å²) in [5.74, 6) is 0. The molecule has 0 aromatic carbocycles. The molecule has 0 amide bonds. The smallest absolute Gasteiger partial charge is 0.266 e. The molecule has 0 spiro atoms. The minimum atomic E-state index is -4.41. The van der Waals surface area contributed by atoms with E-state index in [1.54, 1.807) is 13.2 Å². The summed E-state index contributed by atoms with van der Waals surface area (Å²) in [4.78, 5) is 0. The number of aromatic nitrogens is 5. The van der Waals surface area contributed by atoms with Crippen LogP contribution in [-0.4, -0.2) is 24.8 Å². The largest absolute Gasteiger partial charge is 0.435 e. The molecule has 0 radical (unpaired) electrons. The van der Waals surface area contributed by atoms with Gasteiger partial charge in [-0.15, -0.1) is 5.10 Å². The lowest BCUT2D eigenvalue weighted by molar-refractivity contribution is -0.141. The van der Waals surface area contributed by atoms with E-state index >= 15 is 0 Å². The molecule has 0 aliphatic heterocycles. The molecule has 0 N–H and O–H groups in total. The van der Waals surface area contributed by atoms with Crippen LogP contribution in [-0.2, 0) is 19.8 Å². The number of aryl methyl sites for hydroxylation is 1. The zero-order valence-corrected chi connectivity index (χ0v) is 8.31. The van der Waals surface area contributed by atoms with Gasteiger partial charge in [0.05, 0.1) is 6.54 Å². The number of alkyl halides is 3. The van der Waals surface area contributed by atoms with Crippen molar-refractivity contribution in [2.24, 2.45) is 7.05 Å². The van der Waals surface area contributed by atoms with Crippen molar-refractivity contribution in [3.8, 4) is 0 Å². The van der Waals surface area contributed by atoms with Crippen LogP contribution in [0.25, 0.3) is 0 Å². The predicted molar refractivity (Wildman–Crippen MR) is 47.3 cm³/mol. The maximum atomic E-state index is 12.2. The lowest BCUT2D eigenvalue weighted by atomic mass is 10.4. The van der Waals surface area contributed by atoms with E-state index in [2.05, 4.69) is 15.4 Å². The first-order valence-electron chi connectivity index (χ1n) is 4.41. The van der Waals surface area contributed by atoms with E-state index in [0.717, 1.165) is 6.07 Å². The van der Waals surface area contributed by atoms with Gasteiger partial charge in [-0.3, -0.25) is 9.36 Å². The second-order valence-electron chi connectivity index (χ2n) is 3.28. The number of halogens is 3. The fourth-order valence-corrected chi connectivity index (χ4v) is 1.23. The van der Waals surface area contributed by atoms with Gasteiger partial charge in [-0.25, -0.2) is 0 Å². The van der Waals surface area contributed by atoms with Crippen molar-refractivity contribution in [2.45, 2.75) is 12.7 Å². The molecule has 0 saturated carbocycles. The van der Waals surface area contributed by atoms with Gasteiger partial charge in [0.25, 0.3) is 0 Å². The predicted octanol–water partition coefficient (Wildman–Crippen LogP) is 1.08. The minimum Gasteiger partial charge on any atom is -0.266 e. The van der Waals surface area contributed by atoms with Crippen molar-refractivity contribution in [1.82, 2.24) is 24.8 Å². The number of hydrogen-bond acceptors (Lipinski definition) is 3. The molecular formula is C8H8F3N5. The Balaban J connectivity index is 2.14. The maximum absolute atomic E-state index is 12.2. The van der Waals surface area contributed by atoms with E-state index in [1.807, 2.05) is 0 Å². The Hall–Kier alpha value is -1.86. The Morgan fingerprint density at radius 2 is 2.12 bits per heavy atom. The first kappa shape index (κ1) is 10.7. The molecule has 2 aromatic rings. The number of hydrogen-bond donors (Lipinski definition) is 0. The lowest BCUT2D eigenvalue weighted by Crippen LogP contribution is -2.08. The Morgan fingerprint density at radius 1 is 1.38 bits per heavy atom. The maximum Gasteiger partial charge on any atom is 0.435 e. The highest BCUT2D eigenvalue weighted by Gasteiger charge is 2.33. The minimum absolute atomic E-state index is 0.171. The van der Waals surface area contributed by atoms with Crippen LogP contribution in [0.15, 0.2) is 18.5 Å². The summed E-state index contributed by atoms with van der Waals surface area (Å²) >= 11 is 0. The van der Waals surface area contributed by atoms with E-state index in [9.17, 15) is 13.2 Å². The molecule has 0 unspecified atom stereocenters. The van der Waals surface area contributed by atoms with Crippen molar-refractivity contribution in [1.29, 1.82) is 0 Å². The third-order valence-corrected chi connectivity index (χ3v) is 1.91. The van der Waals surface area contributed by atoms with Gasteiger partial charge in [0, 0.05) is 19.4 Å². The third-order valence-electron chi connectivity index (χ3n) is 1.91. The summed E-state index contributed by atoms with van der Waals surface area (Å²) in [6.45, 7) is 0.171. The summed E-state index contributed by atoms with van der Waals surface area (Å²) in [6.07, 6.45) is -1.53. The fraction of sp³-hybridized carbons (Fsp3) is 0.375. The van der Waals surface area contributed by atoms with Gasteiger partial charge < -0.3 is 0 Å². The molecule has 5 nitrogen and oxygen atoms in total. The SMILES string of the molecule is Cn1cc(Cn2ccc(C(F)(F)F)n2)nn1. The van der Waals surface area contributed by atoms with Crippen molar-refractivity contribution in [3.05, 3.63) is 29.8 Å². The Bertz CT molecular complexity index is 484. The average molecular weight is 231 g/mol. The normalized spacial score (nSPS) is 12.0. The standard InChI is InChI=1S/C8H8F3N5/c1-15-4-6(12-14-15)5-16-3-2-7(13-16)8(9,10)11/h2-4H,5H2,1H3. The van der Waals surface area contributed by atoms with E-state index in [1.165, 1.54) is 15.6 Å². The molecule has 2 heterocycles. The second-order valence-corrected chi connectivity index (χ2v) is 3.28. The summed E-state index contributed by atoms with van der Waals surface area (Å²) < 4.78 is 39.4. The van der Waals surface area contributed by atoms with Gasteiger partial charge >= 0.3 is 6.18 Å². The highest BCUT2D eigenvalue weighted by atomic mass is 19.4. The van der Waals surface area contributed by atoms with Gasteiger partial charge in [0.1, 0.15) is 5.69 Å². The lowest BCUT2D eigenvalue weighted by Gasteiger charge is -2.00. The van der Waals surface area contributed by atoms with E-state index in [0.29, 0.717) is 5.69 Å². The first-order valence-corrected chi connectivity index (χ1v) is 4.41. The Morgan fingerprint density at radius 3 is 2.62 bits per heavy atom. The van der Waals surface area contributed by atoms with Gasteiger partial charge in [-0.2, -0.15) is 18.3 Å². The van der Waals surface area contributed by atoms with Crippen molar-refractivity contribution in [2.75, 3.05) is 0 Å². The summed E-state index contributed by atoms with van der Waals surface area (Å²) in [5.41, 5.74) is -0.351. The highest BCUT2D eigenvalue weighted by molar-refractivity contribution is 5.04. The third kappa shape index (κ3) is 2.20. The van der Waals surface area contributed by atoms with Crippen molar-refractivity contribution < 1.29 is 13.2 Å². The second kappa shape index (κ2) is 3.62. The highest BCUT2D eigenvalue weighted by Crippen LogP contribution is 2.27. The fourth-order valence-electron chi connectivity index (χ4n) is 1.23. The first-order chi connectivity index (χ1) is 7.45. The van der Waals surface area contributed by atoms with Crippen LogP contribution in [0.5, 0.6) is 0 Å². The molecule has 2 rings (SSSR count). The molecule has 0 aliphatic rings. The van der Waals surface area contributed by atoms with E-state index in [4.69, 9.17) is 0 Å². The molecule has 0 atom stereocenters. The zero-order valence-electron chi connectivity index (χ0n) is 8.31. The van der Waals surface area contributed by atoms with Crippen molar-refractivity contribution >= 4 is 0 Å². The molecule has 0 fully saturated rings. The van der Waals surface area contributed by atoms with Gasteiger partial charge in [-0.1, -0.05) is 5.21 Å². The summed E-state index contributed by atoms with van der Waals surface area (Å²) in [5, 5.41) is 10.8. The quantitative estimate of drug-likeness (QED) is 0.777. The van der Waals surface area contributed by atoms with Crippen LogP contribution in [0.4, 0.5) is 13.2 Å². The van der Waals surface area contributed by atoms with Gasteiger partial charge in [-0.05, 0) is 6.07 Å². The number of nitrogens with zero attached hydrogens (tertiary/aromatic N) is 5. The van der Waals surface area contributed by atoms with E-state index < -0.39 is 11.9 Å². The van der Waals surface area contributed by atoms with Gasteiger partial charge in [0.2, 0.25) is 0 Å². The molecule has 0 saturated heterocycles. The Kier molecular flexibility index (Phi) is 2.41. The van der Waals surface area contributed by atoms with Crippen LogP contribution < -0.4 is 0 Å². The molecule has 2 aromatic heterocycles.